The average Bonchev–Trinajstić information content (AvgIpc) is 2.71. The maximum atomic E-state index is 12.8. The van der Waals surface area contributed by atoms with Crippen LogP contribution in [-0.4, -0.2) is 13.0 Å². The van der Waals surface area contributed by atoms with Gasteiger partial charge < -0.3 is 4.90 Å². The van der Waals surface area contributed by atoms with E-state index in [1.165, 1.54) is 0 Å². The minimum Gasteiger partial charge on any atom is -0.314 e. The number of aryl methyl sites for hydroxylation is 1. The predicted octanol–water partition coefficient (Wildman–Crippen LogP) is 3.53. The molecule has 5 nitrogen and oxygen atoms in total. The first-order valence-corrected chi connectivity index (χ1v) is 6.62. The molecule has 3 rings (SSSR count). The molecule has 104 valence electrons. The Morgan fingerprint density at radius 1 is 1.19 bits per heavy atom. The minimum absolute atomic E-state index is 0.230. The van der Waals surface area contributed by atoms with E-state index in [2.05, 4.69) is 10.0 Å². The smallest absolute Gasteiger partial charge is 0.247 e. The molecule has 0 bridgehead atoms. The first-order valence-electron chi connectivity index (χ1n) is 6.62. The standard InChI is InChI=1S/C16H14N4O/c1-11-8-9-14-13(10-11)16(18-19-17,15(21)20(14)2)12-6-4-3-5-7-12/h3-10H,1-2H3. The summed E-state index contributed by atoms with van der Waals surface area (Å²) in [5.74, 6) is -0.230. The van der Waals surface area contributed by atoms with Crippen LogP contribution in [0.25, 0.3) is 10.4 Å². The van der Waals surface area contributed by atoms with E-state index in [0.29, 0.717) is 5.56 Å². The lowest BCUT2D eigenvalue weighted by molar-refractivity contribution is -0.121. The SMILES string of the molecule is Cc1ccc2c(c1)C(N=[N+]=[N-])(c1ccccc1)C(=O)N2C. The molecule has 2 aromatic rings. The molecule has 0 radical (unpaired) electrons. The number of carbonyl (C=O) groups is 1. The summed E-state index contributed by atoms with van der Waals surface area (Å²) in [6.45, 7) is 1.95. The molecule has 21 heavy (non-hydrogen) atoms. The molecule has 1 aliphatic rings. The summed E-state index contributed by atoms with van der Waals surface area (Å²) in [6.07, 6.45) is 0. The quantitative estimate of drug-likeness (QED) is 0.470. The fourth-order valence-electron chi connectivity index (χ4n) is 2.88. The van der Waals surface area contributed by atoms with Gasteiger partial charge in [0.2, 0.25) is 5.91 Å². The molecular weight excluding hydrogens is 264 g/mol. The Morgan fingerprint density at radius 3 is 2.57 bits per heavy atom. The number of carbonyl (C=O) groups excluding carboxylic acids is 1. The third-order valence-corrected chi connectivity index (χ3v) is 3.90. The normalized spacial score (nSPS) is 20.1. The van der Waals surface area contributed by atoms with Gasteiger partial charge in [0.25, 0.3) is 0 Å². The topological polar surface area (TPSA) is 69.1 Å². The third kappa shape index (κ3) is 1.72. The molecule has 1 unspecified atom stereocenters. The van der Waals surface area contributed by atoms with Crippen molar-refractivity contribution < 1.29 is 4.79 Å². The van der Waals surface area contributed by atoms with Gasteiger partial charge in [-0.25, -0.2) is 0 Å². The van der Waals surface area contributed by atoms with E-state index >= 15 is 0 Å². The van der Waals surface area contributed by atoms with Crippen molar-refractivity contribution >= 4 is 11.6 Å². The van der Waals surface area contributed by atoms with Gasteiger partial charge in [0.1, 0.15) is 0 Å². The second kappa shape index (κ2) is 4.65. The van der Waals surface area contributed by atoms with Crippen LogP contribution in [0.3, 0.4) is 0 Å². The number of benzene rings is 2. The number of likely N-dealkylation sites (N-methyl/N-ethyl adjacent to an activating group) is 1. The van der Waals surface area contributed by atoms with Gasteiger partial charge in [0.05, 0.1) is 0 Å². The Bertz CT molecular complexity index is 765. The molecule has 0 N–H and O–H groups in total. The third-order valence-electron chi connectivity index (χ3n) is 3.90. The monoisotopic (exact) mass is 278 g/mol. The van der Waals surface area contributed by atoms with Crippen molar-refractivity contribution in [1.29, 1.82) is 0 Å². The van der Waals surface area contributed by atoms with E-state index in [4.69, 9.17) is 5.53 Å². The first kappa shape index (κ1) is 13.2. The highest BCUT2D eigenvalue weighted by molar-refractivity contribution is 6.10. The maximum absolute atomic E-state index is 12.8. The number of fused-ring (bicyclic) bond motifs is 1. The number of hydrogen-bond donors (Lipinski definition) is 0. The van der Waals surface area contributed by atoms with Crippen molar-refractivity contribution in [3.63, 3.8) is 0 Å². The Morgan fingerprint density at radius 2 is 1.90 bits per heavy atom. The lowest BCUT2D eigenvalue weighted by Gasteiger charge is -2.23. The number of azide groups is 1. The van der Waals surface area contributed by atoms with Crippen LogP contribution in [0, 0.1) is 6.92 Å². The Hall–Kier alpha value is -2.78. The molecule has 1 aliphatic heterocycles. The van der Waals surface area contributed by atoms with Gasteiger partial charge in [-0.2, -0.15) is 0 Å². The molecule has 0 saturated heterocycles. The van der Waals surface area contributed by atoms with Crippen molar-refractivity contribution in [1.82, 2.24) is 0 Å². The van der Waals surface area contributed by atoms with Gasteiger partial charge in [0, 0.05) is 23.2 Å². The van der Waals surface area contributed by atoms with Crippen LogP contribution in [-0.2, 0) is 10.3 Å². The van der Waals surface area contributed by atoms with Crippen LogP contribution in [0.5, 0.6) is 0 Å². The fourth-order valence-corrected chi connectivity index (χ4v) is 2.88. The molecule has 1 heterocycles. The Balaban J connectivity index is 2.39. The zero-order valence-electron chi connectivity index (χ0n) is 11.8. The van der Waals surface area contributed by atoms with Gasteiger partial charge in [0.15, 0.2) is 5.54 Å². The Kier molecular flexibility index (Phi) is 2.92. The Labute approximate surface area is 122 Å². The maximum Gasteiger partial charge on any atom is 0.247 e. The van der Waals surface area contributed by atoms with Gasteiger partial charge in [-0.1, -0.05) is 53.1 Å². The summed E-state index contributed by atoms with van der Waals surface area (Å²) in [4.78, 5) is 17.4. The second-order valence-corrected chi connectivity index (χ2v) is 5.15. The summed E-state index contributed by atoms with van der Waals surface area (Å²) >= 11 is 0. The number of hydrogen-bond acceptors (Lipinski definition) is 2. The molecule has 0 aliphatic carbocycles. The van der Waals surface area contributed by atoms with Crippen molar-refractivity contribution in [3.8, 4) is 0 Å². The number of nitrogens with zero attached hydrogens (tertiary/aromatic N) is 4. The van der Waals surface area contributed by atoms with Crippen LogP contribution in [0.1, 0.15) is 16.7 Å². The average molecular weight is 278 g/mol. The molecule has 5 heteroatoms. The molecule has 0 saturated carbocycles. The van der Waals surface area contributed by atoms with E-state index < -0.39 is 5.54 Å². The zero-order valence-corrected chi connectivity index (χ0v) is 11.8. The van der Waals surface area contributed by atoms with E-state index in [1.807, 2.05) is 55.5 Å². The molecule has 1 atom stereocenters. The summed E-state index contributed by atoms with van der Waals surface area (Å²) < 4.78 is 0. The van der Waals surface area contributed by atoms with Gasteiger partial charge in [-0.05, 0) is 24.1 Å². The highest BCUT2D eigenvalue weighted by Crippen LogP contribution is 2.47. The highest BCUT2D eigenvalue weighted by atomic mass is 16.2. The van der Waals surface area contributed by atoms with Gasteiger partial charge in [-0.3, -0.25) is 4.79 Å². The van der Waals surface area contributed by atoms with E-state index in [9.17, 15) is 4.79 Å². The summed E-state index contributed by atoms with van der Waals surface area (Å²) in [7, 11) is 1.70. The number of amides is 1. The van der Waals surface area contributed by atoms with Crippen molar-refractivity contribution in [2.75, 3.05) is 11.9 Å². The molecule has 0 fully saturated rings. The predicted molar refractivity (Wildman–Crippen MR) is 81.0 cm³/mol. The second-order valence-electron chi connectivity index (χ2n) is 5.15. The van der Waals surface area contributed by atoms with Crippen molar-refractivity contribution in [2.45, 2.75) is 12.5 Å². The molecule has 2 aromatic carbocycles. The van der Waals surface area contributed by atoms with Crippen LogP contribution in [0.15, 0.2) is 53.6 Å². The molecule has 0 aromatic heterocycles. The lowest BCUT2D eigenvalue weighted by atomic mass is 9.84. The lowest BCUT2D eigenvalue weighted by Crippen LogP contribution is -2.37. The highest BCUT2D eigenvalue weighted by Gasteiger charge is 2.50. The van der Waals surface area contributed by atoms with Crippen LogP contribution in [0.2, 0.25) is 0 Å². The molecule has 0 spiro atoms. The fraction of sp³-hybridized carbons (Fsp3) is 0.188. The zero-order chi connectivity index (χ0) is 15.0. The largest absolute Gasteiger partial charge is 0.314 e. The van der Waals surface area contributed by atoms with Crippen molar-refractivity contribution in [3.05, 3.63) is 75.7 Å². The molecular formula is C16H14N4O. The number of rotatable bonds is 2. The van der Waals surface area contributed by atoms with Crippen LogP contribution >= 0.6 is 0 Å². The summed E-state index contributed by atoms with van der Waals surface area (Å²) in [5, 5.41) is 3.93. The van der Waals surface area contributed by atoms with Crippen molar-refractivity contribution in [2.24, 2.45) is 5.11 Å². The van der Waals surface area contributed by atoms with E-state index in [-0.39, 0.29) is 5.91 Å². The summed E-state index contributed by atoms with van der Waals surface area (Å²) in [5.41, 5.74) is 10.9. The number of anilines is 1. The van der Waals surface area contributed by atoms with Gasteiger partial charge >= 0.3 is 0 Å². The first-order chi connectivity index (χ1) is 10.1. The molecule has 1 amide bonds. The van der Waals surface area contributed by atoms with Crippen LogP contribution < -0.4 is 4.90 Å². The van der Waals surface area contributed by atoms with Crippen LogP contribution in [0.4, 0.5) is 5.69 Å². The minimum atomic E-state index is -1.31. The van der Waals surface area contributed by atoms with E-state index in [0.717, 1.165) is 16.8 Å². The summed E-state index contributed by atoms with van der Waals surface area (Å²) in [6, 6.07) is 14.9. The van der Waals surface area contributed by atoms with Gasteiger partial charge in [-0.15, -0.1) is 0 Å². The van der Waals surface area contributed by atoms with E-state index in [1.54, 1.807) is 11.9 Å².